The van der Waals surface area contributed by atoms with Crippen molar-refractivity contribution >= 4 is 11.6 Å². The van der Waals surface area contributed by atoms with Crippen LogP contribution in [0, 0.1) is 12.8 Å². The van der Waals surface area contributed by atoms with Gasteiger partial charge in [-0.1, -0.05) is 31.7 Å². The van der Waals surface area contributed by atoms with Gasteiger partial charge in [-0.05, 0) is 50.8 Å². The SMILES string of the molecule is Cc1ccc2c(c1)N(CCCCC1CC1)C(=O)C(C)(C)O2. The van der Waals surface area contributed by atoms with Gasteiger partial charge in [0.2, 0.25) is 0 Å². The lowest BCUT2D eigenvalue weighted by Gasteiger charge is -2.39. The first-order valence-corrected chi connectivity index (χ1v) is 8.09. The van der Waals surface area contributed by atoms with Crippen LogP contribution < -0.4 is 9.64 Å². The Kier molecular flexibility index (Phi) is 3.68. The third-order valence-electron chi connectivity index (χ3n) is 4.47. The van der Waals surface area contributed by atoms with Gasteiger partial charge < -0.3 is 9.64 Å². The molecule has 0 saturated heterocycles. The number of amides is 1. The van der Waals surface area contributed by atoms with E-state index in [1.165, 1.54) is 25.7 Å². The smallest absolute Gasteiger partial charge is 0.270 e. The Labute approximate surface area is 127 Å². The van der Waals surface area contributed by atoms with E-state index in [1.807, 2.05) is 30.9 Å². The van der Waals surface area contributed by atoms with Crippen molar-refractivity contribution in [3.63, 3.8) is 0 Å². The van der Waals surface area contributed by atoms with Crippen molar-refractivity contribution in [2.75, 3.05) is 11.4 Å². The molecule has 0 N–H and O–H groups in total. The lowest BCUT2D eigenvalue weighted by Crippen LogP contribution is -2.52. The van der Waals surface area contributed by atoms with Crippen LogP contribution in [0.4, 0.5) is 5.69 Å². The van der Waals surface area contributed by atoms with Gasteiger partial charge in [-0.2, -0.15) is 0 Å². The molecule has 1 amide bonds. The fourth-order valence-corrected chi connectivity index (χ4v) is 3.01. The largest absolute Gasteiger partial charge is 0.476 e. The van der Waals surface area contributed by atoms with E-state index in [0.717, 1.165) is 35.9 Å². The minimum Gasteiger partial charge on any atom is -0.476 e. The van der Waals surface area contributed by atoms with Crippen LogP contribution in [0.5, 0.6) is 5.75 Å². The number of hydrogen-bond acceptors (Lipinski definition) is 2. The lowest BCUT2D eigenvalue weighted by atomic mass is 10.0. The number of unbranched alkanes of at least 4 members (excludes halogenated alkanes) is 1. The number of benzene rings is 1. The Morgan fingerprint density at radius 1 is 1.29 bits per heavy atom. The Bertz CT molecular complexity index is 546. The van der Waals surface area contributed by atoms with Crippen LogP contribution in [0.1, 0.15) is 51.5 Å². The number of ether oxygens (including phenoxy) is 1. The number of rotatable bonds is 5. The zero-order valence-electron chi connectivity index (χ0n) is 13.3. The van der Waals surface area contributed by atoms with Gasteiger partial charge in [-0.3, -0.25) is 4.79 Å². The number of carbonyl (C=O) groups is 1. The summed E-state index contributed by atoms with van der Waals surface area (Å²) in [6.45, 7) is 6.56. The van der Waals surface area contributed by atoms with Crippen molar-refractivity contribution in [1.29, 1.82) is 0 Å². The quantitative estimate of drug-likeness (QED) is 0.764. The summed E-state index contributed by atoms with van der Waals surface area (Å²) in [5, 5.41) is 0. The van der Waals surface area contributed by atoms with Crippen LogP contribution in [0.25, 0.3) is 0 Å². The molecule has 1 aliphatic heterocycles. The number of aryl methyl sites for hydroxylation is 1. The van der Waals surface area contributed by atoms with Gasteiger partial charge in [0.05, 0.1) is 5.69 Å². The van der Waals surface area contributed by atoms with E-state index in [-0.39, 0.29) is 5.91 Å². The predicted molar refractivity (Wildman–Crippen MR) is 84.8 cm³/mol. The summed E-state index contributed by atoms with van der Waals surface area (Å²) in [5.74, 6) is 1.87. The standard InChI is InChI=1S/C18H25NO2/c1-13-7-10-16-15(12-13)19(17(20)18(2,3)21-16)11-5-4-6-14-8-9-14/h7,10,12,14H,4-6,8-9,11H2,1-3H3. The molecule has 3 rings (SSSR count). The molecule has 1 heterocycles. The fourth-order valence-electron chi connectivity index (χ4n) is 3.01. The first kappa shape index (κ1) is 14.4. The van der Waals surface area contributed by atoms with E-state index in [4.69, 9.17) is 4.74 Å². The Hall–Kier alpha value is -1.51. The minimum absolute atomic E-state index is 0.0759. The molecule has 1 aromatic rings. The maximum atomic E-state index is 12.7. The second kappa shape index (κ2) is 5.36. The van der Waals surface area contributed by atoms with Crippen LogP contribution in [-0.2, 0) is 4.79 Å². The molecule has 0 bridgehead atoms. The summed E-state index contributed by atoms with van der Waals surface area (Å²) in [6, 6.07) is 6.08. The number of nitrogens with zero attached hydrogens (tertiary/aromatic N) is 1. The van der Waals surface area contributed by atoms with Crippen LogP contribution in [0.3, 0.4) is 0 Å². The first-order valence-electron chi connectivity index (χ1n) is 8.09. The molecule has 0 radical (unpaired) electrons. The maximum absolute atomic E-state index is 12.7. The summed E-state index contributed by atoms with van der Waals surface area (Å²) in [7, 11) is 0. The normalized spacial score (nSPS) is 20.1. The second-order valence-electron chi connectivity index (χ2n) is 6.98. The fraction of sp³-hybridized carbons (Fsp3) is 0.611. The molecule has 1 aromatic carbocycles. The zero-order valence-corrected chi connectivity index (χ0v) is 13.3. The number of fused-ring (bicyclic) bond motifs is 1. The van der Waals surface area contributed by atoms with Gasteiger partial charge in [0.25, 0.3) is 5.91 Å². The predicted octanol–water partition coefficient (Wildman–Crippen LogP) is 4.08. The highest BCUT2D eigenvalue weighted by Gasteiger charge is 2.40. The highest BCUT2D eigenvalue weighted by Crippen LogP contribution is 2.39. The monoisotopic (exact) mass is 287 g/mol. The maximum Gasteiger partial charge on any atom is 0.270 e. The Morgan fingerprint density at radius 3 is 2.76 bits per heavy atom. The molecule has 0 spiro atoms. The molecule has 3 nitrogen and oxygen atoms in total. The topological polar surface area (TPSA) is 29.5 Å². The van der Waals surface area contributed by atoms with E-state index >= 15 is 0 Å². The molecule has 0 aromatic heterocycles. The number of carbonyl (C=O) groups excluding carboxylic acids is 1. The first-order chi connectivity index (χ1) is 9.97. The molecule has 0 atom stereocenters. The highest BCUT2D eigenvalue weighted by atomic mass is 16.5. The number of anilines is 1. The molecule has 1 fully saturated rings. The molecule has 114 valence electrons. The van der Waals surface area contributed by atoms with Gasteiger partial charge in [-0.15, -0.1) is 0 Å². The van der Waals surface area contributed by atoms with Gasteiger partial charge in [-0.25, -0.2) is 0 Å². The molecular formula is C18H25NO2. The van der Waals surface area contributed by atoms with Crippen molar-refractivity contribution in [3.05, 3.63) is 23.8 Å². The summed E-state index contributed by atoms with van der Waals surface area (Å²) in [4.78, 5) is 14.6. The van der Waals surface area contributed by atoms with Gasteiger partial charge in [0.1, 0.15) is 5.75 Å². The van der Waals surface area contributed by atoms with Gasteiger partial charge in [0.15, 0.2) is 5.60 Å². The third-order valence-corrected chi connectivity index (χ3v) is 4.47. The molecule has 2 aliphatic rings. The molecule has 0 unspecified atom stereocenters. The van der Waals surface area contributed by atoms with E-state index in [1.54, 1.807) is 0 Å². The van der Waals surface area contributed by atoms with Crippen LogP contribution in [0.2, 0.25) is 0 Å². The Balaban J connectivity index is 1.75. The highest BCUT2D eigenvalue weighted by molar-refractivity contribution is 6.02. The van der Waals surface area contributed by atoms with Crippen LogP contribution in [-0.4, -0.2) is 18.1 Å². The van der Waals surface area contributed by atoms with Crippen molar-refractivity contribution in [1.82, 2.24) is 0 Å². The number of hydrogen-bond donors (Lipinski definition) is 0. The minimum atomic E-state index is -0.765. The van der Waals surface area contributed by atoms with E-state index in [0.29, 0.717) is 0 Å². The van der Waals surface area contributed by atoms with E-state index in [9.17, 15) is 4.79 Å². The van der Waals surface area contributed by atoms with E-state index < -0.39 is 5.60 Å². The molecule has 1 saturated carbocycles. The lowest BCUT2D eigenvalue weighted by molar-refractivity contribution is -0.132. The van der Waals surface area contributed by atoms with Crippen molar-refractivity contribution in [2.45, 2.75) is 58.5 Å². The molecular weight excluding hydrogens is 262 g/mol. The summed E-state index contributed by atoms with van der Waals surface area (Å²) >= 11 is 0. The van der Waals surface area contributed by atoms with E-state index in [2.05, 4.69) is 13.0 Å². The van der Waals surface area contributed by atoms with Crippen LogP contribution >= 0.6 is 0 Å². The molecule has 1 aliphatic carbocycles. The summed E-state index contributed by atoms with van der Waals surface area (Å²) in [6.07, 6.45) is 6.43. The van der Waals surface area contributed by atoms with Gasteiger partial charge in [0, 0.05) is 6.54 Å². The van der Waals surface area contributed by atoms with Crippen molar-refractivity contribution in [3.8, 4) is 5.75 Å². The second-order valence-corrected chi connectivity index (χ2v) is 6.98. The average molecular weight is 287 g/mol. The zero-order chi connectivity index (χ0) is 15.0. The Morgan fingerprint density at radius 2 is 2.05 bits per heavy atom. The van der Waals surface area contributed by atoms with Crippen LogP contribution in [0.15, 0.2) is 18.2 Å². The van der Waals surface area contributed by atoms with Crippen molar-refractivity contribution in [2.24, 2.45) is 5.92 Å². The summed E-state index contributed by atoms with van der Waals surface area (Å²) in [5.41, 5.74) is 1.33. The van der Waals surface area contributed by atoms with Crippen molar-refractivity contribution < 1.29 is 9.53 Å². The third kappa shape index (κ3) is 3.07. The average Bonchev–Trinajstić information content (AvgIpc) is 3.23. The molecule has 21 heavy (non-hydrogen) atoms. The van der Waals surface area contributed by atoms with Gasteiger partial charge >= 0.3 is 0 Å². The molecule has 3 heteroatoms. The summed E-state index contributed by atoms with van der Waals surface area (Å²) < 4.78 is 5.88.